The van der Waals surface area contributed by atoms with Crippen LogP contribution in [0.5, 0.6) is 5.75 Å². The molecular weight excluding hydrogens is 242 g/mol. The minimum absolute atomic E-state index is 0.899. The smallest absolute Gasteiger partial charge is 0.133 e. The largest absolute Gasteiger partial charge is 0.496 e. The third-order valence-electron chi connectivity index (χ3n) is 2.33. The molecule has 0 aliphatic carbocycles. The lowest BCUT2D eigenvalue weighted by Crippen LogP contribution is -2.11. The van der Waals surface area contributed by atoms with Gasteiger partial charge in [-0.2, -0.15) is 0 Å². The number of ether oxygens (including phenoxy) is 1. The molecule has 0 aromatic heterocycles. The molecule has 0 unspecified atom stereocenters. The summed E-state index contributed by atoms with van der Waals surface area (Å²) in [6, 6.07) is 4.12. The monoisotopic (exact) mass is 257 g/mol. The number of nitrogens with one attached hydrogen (secondary N) is 1. The summed E-state index contributed by atoms with van der Waals surface area (Å²) in [4.78, 5) is 0. The zero-order chi connectivity index (χ0) is 10.6. The lowest BCUT2D eigenvalue weighted by molar-refractivity contribution is 0.411. The van der Waals surface area contributed by atoms with Gasteiger partial charge in [0.1, 0.15) is 5.75 Å². The maximum Gasteiger partial charge on any atom is 0.133 e. The number of halogens is 1. The van der Waals surface area contributed by atoms with Crippen LogP contribution < -0.4 is 10.1 Å². The maximum absolute atomic E-state index is 5.22. The van der Waals surface area contributed by atoms with Crippen molar-refractivity contribution in [3.8, 4) is 5.75 Å². The van der Waals surface area contributed by atoms with Gasteiger partial charge in [-0.25, -0.2) is 0 Å². The molecule has 0 saturated heterocycles. The number of rotatable bonds is 4. The molecule has 3 heteroatoms. The summed E-state index contributed by atoms with van der Waals surface area (Å²) in [5, 5.41) is 3.14. The van der Waals surface area contributed by atoms with Crippen molar-refractivity contribution in [1.82, 2.24) is 5.32 Å². The van der Waals surface area contributed by atoms with Gasteiger partial charge in [-0.1, -0.05) is 6.07 Å². The second kappa shape index (κ2) is 5.37. The zero-order valence-corrected chi connectivity index (χ0v) is 10.4. The van der Waals surface area contributed by atoms with Crippen molar-refractivity contribution in [2.45, 2.75) is 13.3 Å². The summed E-state index contributed by atoms with van der Waals surface area (Å²) in [6.45, 7) is 3.11. The molecule has 14 heavy (non-hydrogen) atoms. The van der Waals surface area contributed by atoms with E-state index < -0.39 is 0 Å². The molecule has 2 nitrogen and oxygen atoms in total. The highest BCUT2D eigenvalue weighted by molar-refractivity contribution is 9.10. The van der Waals surface area contributed by atoms with Gasteiger partial charge in [0, 0.05) is 0 Å². The summed E-state index contributed by atoms with van der Waals surface area (Å²) < 4.78 is 6.29. The number of hydrogen-bond donors (Lipinski definition) is 1. The Bertz CT molecular complexity index is 312. The minimum atomic E-state index is 0.899. The first kappa shape index (κ1) is 11.5. The van der Waals surface area contributed by atoms with E-state index in [-0.39, 0.29) is 0 Å². The van der Waals surface area contributed by atoms with Crippen LogP contribution in [0.1, 0.15) is 11.1 Å². The number of benzene rings is 1. The first-order valence-corrected chi connectivity index (χ1v) is 5.46. The maximum atomic E-state index is 5.22. The lowest BCUT2D eigenvalue weighted by atomic mass is 10.1. The van der Waals surface area contributed by atoms with Gasteiger partial charge in [0.05, 0.1) is 11.6 Å². The highest BCUT2D eigenvalue weighted by atomic mass is 79.9. The summed E-state index contributed by atoms with van der Waals surface area (Å²) >= 11 is 3.54. The molecule has 0 saturated carbocycles. The van der Waals surface area contributed by atoms with Gasteiger partial charge in [-0.05, 0) is 60.1 Å². The second-order valence-corrected chi connectivity index (χ2v) is 4.01. The molecule has 0 aliphatic rings. The molecule has 0 bridgehead atoms. The Morgan fingerprint density at radius 1 is 1.43 bits per heavy atom. The third-order valence-corrected chi connectivity index (χ3v) is 3.31. The molecule has 0 spiro atoms. The topological polar surface area (TPSA) is 21.3 Å². The van der Waals surface area contributed by atoms with E-state index in [0.717, 1.165) is 23.2 Å². The standard InChI is InChI=1S/C11H16BrNO/c1-8-9(6-7-13-2)4-5-10(14-3)11(8)12/h4-5,13H,6-7H2,1-3H3. The van der Waals surface area contributed by atoms with Crippen molar-refractivity contribution in [3.05, 3.63) is 27.7 Å². The molecule has 0 radical (unpaired) electrons. The Labute approximate surface area is 93.8 Å². The Hall–Kier alpha value is -0.540. The zero-order valence-electron chi connectivity index (χ0n) is 8.86. The number of hydrogen-bond acceptors (Lipinski definition) is 2. The van der Waals surface area contributed by atoms with Crippen LogP contribution >= 0.6 is 15.9 Å². The first-order chi connectivity index (χ1) is 6.70. The molecular formula is C11H16BrNO. The fraction of sp³-hybridized carbons (Fsp3) is 0.455. The van der Waals surface area contributed by atoms with E-state index in [1.807, 2.05) is 13.1 Å². The quantitative estimate of drug-likeness (QED) is 0.896. The molecule has 0 atom stereocenters. The summed E-state index contributed by atoms with van der Waals surface area (Å²) in [7, 11) is 3.65. The molecule has 1 rings (SSSR count). The van der Waals surface area contributed by atoms with Gasteiger partial charge in [0.2, 0.25) is 0 Å². The van der Waals surface area contributed by atoms with Crippen LogP contribution in [0.15, 0.2) is 16.6 Å². The highest BCUT2D eigenvalue weighted by Crippen LogP contribution is 2.30. The van der Waals surface area contributed by atoms with Crippen molar-refractivity contribution in [3.63, 3.8) is 0 Å². The predicted molar refractivity (Wildman–Crippen MR) is 63.1 cm³/mol. The summed E-state index contributed by atoms with van der Waals surface area (Å²) in [5.74, 6) is 0.899. The average Bonchev–Trinajstić information content (AvgIpc) is 2.20. The molecule has 0 aliphatic heterocycles. The Morgan fingerprint density at radius 3 is 2.71 bits per heavy atom. The van der Waals surface area contributed by atoms with Crippen LogP contribution in [0.2, 0.25) is 0 Å². The first-order valence-electron chi connectivity index (χ1n) is 4.67. The van der Waals surface area contributed by atoms with E-state index in [0.29, 0.717) is 0 Å². The van der Waals surface area contributed by atoms with Crippen molar-refractivity contribution in [2.24, 2.45) is 0 Å². The van der Waals surface area contributed by atoms with Gasteiger partial charge in [-0.3, -0.25) is 0 Å². The fourth-order valence-corrected chi connectivity index (χ4v) is 1.94. The summed E-state index contributed by atoms with van der Waals surface area (Å²) in [6.07, 6.45) is 1.05. The van der Waals surface area contributed by atoms with Crippen LogP contribution in [0.4, 0.5) is 0 Å². The van der Waals surface area contributed by atoms with E-state index in [1.165, 1.54) is 11.1 Å². The van der Waals surface area contributed by atoms with Gasteiger partial charge in [-0.15, -0.1) is 0 Å². The lowest BCUT2D eigenvalue weighted by Gasteiger charge is -2.11. The third kappa shape index (κ3) is 2.49. The number of likely N-dealkylation sites (N-methyl/N-ethyl adjacent to an activating group) is 1. The van der Waals surface area contributed by atoms with Crippen molar-refractivity contribution in [2.75, 3.05) is 20.7 Å². The van der Waals surface area contributed by atoms with Crippen LogP contribution in [0.25, 0.3) is 0 Å². The van der Waals surface area contributed by atoms with Crippen LogP contribution in [-0.4, -0.2) is 20.7 Å². The Kier molecular flexibility index (Phi) is 4.42. The van der Waals surface area contributed by atoms with Crippen LogP contribution in [0, 0.1) is 6.92 Å². The van der Waals surface area contributed by atoms with Crippen LogP contribution in [-0.2, 0) is 6.42 Å². The van der Waals surface area contributed by atoms with Gasteiger partial charge in [0.15, 0.2) is 0 Å². The molecule has 0 heterocycles. The molecule has 1 aromatic rings. The van der Waals surface area contributed by atoms with E-state index in [1.54, 1.807) is 7.11 Å². The highest BCUT2D eigenvalue weighted by Gasteiger charge is 2.06. The Morgan fingerprint density at radius 2 is 2.14 bits per heavy atom. The molecule has 78 valence electrons. The minimum Gasteiger partial charge on any atom is -0.496 e. The summed E-state index contributed by atoms with van der Waals surface area (Å²) in [5.41, 5.74) is 2.62. The predicted octanol–water partition coefficient (Wildman–Crippen LogP) is 2.53. The van der Waals surface area contributed by atoms with Crippen molar-refractivity contribution >= 4 is 15.9 Å². The van der Waals surface area contributed by atoms with Crippen molar-refractivity contribution in [1.29, 1.82) is 0 Å². The number of methoxy groups -OCH3 is 1. The van der Waals surface area contributed by atoms with Crippen LogP contribution in [0.3, 0.4) is 0 Å². The van der Waals surface area contributed by atoms with Gasteiger partial charge in [0.25, 0.3) is 0 Å². The van der Waals surface area contributed by atoms with Crippen molar-refractivity contribution < 1.29 is 4.74 Å². The molecule has 0 fully saturated rings. The average molecular weight is 258 g/mol. The van der Waals surface area contributed by atoms with E-state index in [2.05, 4.69) is 34.2 Å². The molecule has 0 amide bonds. The van der Waals surface area contributed by atoms with Gasteiger partial charge < -0.3 is 10.1 Å². The van der Waals surface area contributed by atoms with E-state index in [4.69, 9.17) is 4.74 Å². The molecule has 1 aromatic carbocycles. The normalized spacial score (nSPS) is 10.3. The molecule has 1 N–H and O–H groups in total. The second-order valence-electron chi connectivity index (χ2n) is 3.22. The van der Waals surface area contributed by atoms with Gasteiger partial charge >= 0.3 is 0 Å². The van der Waals surface area contributed by atoms with E-state index in [9.17, 15) is 0 Å². The SMILES string of the molecule is CNCCc1ccc(OC)c(Br)c1C. The van der Waals surface area contributed by atoms with E-state index >= 15 is 0 Å². The fourth-order valence-electron chi connectivity index (χ4n) is 1.39. The Balaban J connectivity index is 2.92.